The van der Waals surface area contributed by atoms with Crippen molar-refractivity contribution in [3.05, 3.63) is 60.3 Å². The van der Waals surface area contributed by atoms with Crippen molar-refractivity contribution >= 4 is 5.78 Å². The van der Waals surface area contributed by atoms with Crippen molar-refractivity contribution in [1.29, 1.82) is 0 Å². The second kappa shape index (κ2) is 6.31. The Morgan fingerprint density at radius 2 is 2.19 bits per heavy atom. The van der Waals surface area contributed by atoms with Gasteiger partial charge < -0.3 is 4.42 Å². The predicted molar refractivity (Wildman–Crippen MR) is 79.8 cm³/mol. The van der Waals surface area contributed by atoms with Gasteiger partial charge in [-0.15, -0.1) is 0 Å². The van der Waals surface area contributed by atoms with Crippen molar-refractivity contribution in [3.63, 3.8) is 0 Å². The fraction of sp³-hybridized carbons (Fsp3) is 0.235. The quantitative estimate of drug-likeness (QED) is 0.777. The van der Waals surface area contributed by atoms with Gasteiger partial charge in [-0.3, -0.25) is 9.78 Å². The number of carbonyl (C=O) groups excluding carboxylic acids is 1. The van der Waals surface area contributed by atoms with Crippen molar-refractivity contribution in [2.24, 2.45) is 0 Å². The van der Waals surface area contributed by atoms with E-state index in [0.717, 1.165) is 19.3 Å². The van der Waals surface area contributed by atoms with Crippen molar-refractivity contribution in [3.8, 4) is 11.5 Å². The monoisotopic (exact) mass is 280 g/mol. The summed E-state index contributed by atoms with van der Waals surface area (Å²) in [6, 6.07) is 5.53. The Kier molecular flexibility index (Phi) is 4.05. The lowest BCUT2D eigenvalue weighted by atomic mass is 10.0. The van der Waals surface area contributed by atoms with Crippen molar-refractivity contribution in [2.45, 2.75) is 25.7 Å². The number of Topliss-reactive ketones (excluding diaryl/α,β-unsaturated/α-hetero) is 1. The molecule has 106 valence electrons. The van der Waals surface area contributed by atoms with Gasteiger partial charge in [0.2, 0.25) is 5.78 Å². The molecular formula is C17H16N2O2. The van der Waals surface area contributed by atoms with E-state index in [1.165, 1.54) is 5.57 Å². The smallest absolute Gasteiger partial charge is 0.263 e. The molecule has 0 amide bonds. The standard InChI is InChI=1S/C17H16N2O2/c20-15(10-9-13-6-2-1-3-7-13)17-19-12-16(21-17)14-8-4-5-11-18-14/h2,4-8,11-12H,1,3,9-10H2. The van der Waals surface area contributed by atoms with E-state index >= 15 is 0 Å². The van der Waals surface area contributed by atoms with E-state index in [0.29, 0.717) is 17.9 Å². The van der Waals surface area contributed by atoms with Gasteiger partial charge in [0.25, 0.3) is 5.89 Å². The van der Waals surface area contributed by atoms with Crippen molar-refractivity contribution in [1.82, 2.24) is 9.97 Å². The molecule has 0 bridgehead atoms. The molecule has 0 spiro atoms. The van der Waals surface area contributed by atoms with Crippen LogP contribution >= 0.6 is 0 Å². The molecular weight excluding hydrogens is 264 g/mol. The number of pyridine rings is 1. The fourth-order valence-electron chi connectivity index (χ4n) is 2.25. The second-order valence-electron chi connectivity index (χ2n) is 4.93. The highest BCUT2D eigenvalue weighted by atomic mass is 16.4. The zero-order chi connectivity index (χ0) is 14.5. The minimum atomic E-state index is -0.0722. The summed E-state index contributed by atoms with van der Waals surface area (Å²) in [6.07, 6.45) is 12.9. The SMILES string of the molecule is O=C(CCC1=CCCC=C1)c1ncc(-c2ccccn2)o1. The Bertz CT molecular complexity index is 684. The molecule has 4 heteroatoms. The Morgan fingerprint density at radius 1 is 1.24 bits per heavy atom. The molecule has 0 atom stereocenters. The summed E-state index contributed by atoms with van der Waals surface area (Å²) in [5, 5.41) is 0. The van der Waals surface area contributed by atoms with Gasteiger partial charge in [0.1, 0.15) is 5.69 Å². The normalized spacial score (nSPS) is 14.0. The molecule has 0 radical (unpaired) electrons. The molecule has 3 rings (SSSR count). The molecule has 1 aliphatic carbocycles. The number of oxazole rings is 1. The lowest BCUT2D eigenvalue weighted by Gasteiger charge is -2.04. The first kappa shape index (κ1) is 13.5. The van der Waals surface area contributed by atoms with Gasteiger partial charge in [-0.2, -0.15) is 0 Å². The summed E-state index contributed by atoms with van der Waals surface area (Å²) in [5.74, 6) is 0.615. The zero-order valence-electron chi connectivity index (χ0n) is 11.7. The van der Waals surface area contributed by atoms with Crippen LogP contribution in [0.4, 0.5) is 0 Å². The molecule has 0 saturated carbocycles. The van der Waals surface area contributed by atoms with Gasteiger partial charge in [0.15, 0.2) is 5.76 Å². The van der Waals surface area contributed by atoms with Crippen molar-refractivity contribution in [2.75, 3.05) is 0 Å². The number of hydrogen-bond donors (Lipinski definition) is 0. The Hall–Kier alpha value is -2.49. The van der Waals surface area contributed by atoms with Crippen LogP contribution < -0.4 is 0 Å². The van der Waals surface area contributed by atoms with Crippen LogP contribution in [0.15, 0.2) is 58.8 Å². The van der Waals surface area contributed by atoms with E-state index in [1.54, 1.807) is 12.4 Å². The topological polar surface area (TPSA) is 56.0 Å². The highest BCUT2D eigenvalue weighted by Crippen LogP contribution is 2.20. The summed E-state index contributed by atoms with van der Waals surface area (Å²) >= 11 is 0. The number of nitrogens with zero attached hydrogens (tertiary/aromatic N) is 2. The molecule has 2 aromatic heterocycles. The zero-order valence-corrected chi connectivity index (χ0v) is 11.7. The van der Waals surface area contributed by atoms with Crippen LogP contribution in [0.2, 0.25) is 0 Å². The van der Waals surface area contributed by atoms with Crippen LogP contribution in [-0.2, 0) is 0 Å². The molecule has 2 heterocycles. The van der Waals surface area contributed by atoms with E-state index in [-0.39, 0.29) is 11.7 Å². The van der Waals surface area contributed by atoms with Crippen molar-refractivity contribution < 1.29 is 9.21 Å². The van der Waals surface area contributed by atoms with E-state index in [4.69, 9.17) is 4.42 Å². The lowest BCUT2D eigenvalue weighted by Crippen LogP contribution is -2.00. The highest BCUT2D eigenvalue weighted by molar-refractivity contribution is 5.92. The molecule has 2 aromatic rings. The van der Waals surface area contributed by atoms with Crippen LogP contribution in [0.3, 0.4) is 0 Å². The average molecular weight is 280 g/mol. The third-order valence-electron chi connectivity index (χ3n) is 3.37. The molecule has 0 unspecified atom stereocenters. The molecule has 4 nitrogen and oxygen atoms in total. The fourth-order valence-corrected chi connectivity index (χ4v) is 2.25. The molecule has 0 aliphatic heterocycles. The maximum absolute atomic E-state index is 12.1. The van der Waals surface area contributed by atoms with E-state index in [1.807, 2.05) is 18.2 Å². The summed E-state index contributed by atoms with van der Waals surface area (Å²) < 4.78 is 5.51. The van der Waals surface area contributed by atoms with Gasteiger partial charge >= 0.3 is 0 Å². The lowest BCUT2D eigenvalue weighted by molar-refractivity contribution is 0.0950. The Morgan fingerprint density at radius 3 is 2.95 bits per heavy atom. The van der Waals surface area contributed by atoms with Gasteiger partial charge in [0, 0.05) is 12.6 Å². The number of hydrogen-bond acceptors (Lipinski definition) is 4. The first-order valence-corrected chi connectivity index (χ1v) is 7.09. The summed E-state index contributed by atoms with van der Waals surface area (Å²) in [5.41, 5.74) is 1.90. The van der Waals surface area contributed by atoms with Gasteiger partial charge in [-0.25, -0.2) is 4.98 Å². The minimum absolute atomic E-state index is 0.0722. The Balaban J connectivity index is 1.64. The average Bonchev–Trinajstić information content (AvgIpc) is 3.04. The van der Waals surface area contributed by atoms with Crippen LogP contribution in [-0.4, -0.2) is 15.8 Å². The molecule has 1 aliphatic rings. The third kappa shape index (κ3) is 3.34. The van der Waals surface area contributed by atoms with E-state index in [2.05, 4.69) is 28.2 Å². The second-order valence-corrected chi connectivity index (χ2v) is 4.93. The maximum atomic E-state index is 12.1. The van der Waals surface area contributed by atoms with Crippen LogP contribution in [0.1, 0.15) is 36.4 Å². The predicted octanol–water partition coefficient (Wildman–Crippen LogP) is 3.98. The van der Waals surface area contributed by atoms with Gasteiger partial charge in [0.05, 0.1) is 6.20 Å². The maximum Gasteiger partial charge on any atom is 0.263 e. The highest BCUT2D eigenvalue weighted by Gasteiger charge is 2.15. The first-order chi connectivity index (χ1) is 10.3. The van der Waals surface area contributed by atoms with E-state index < -0.39 is 0 Å². The molecule has 0 fully saturated rings. The molecule has 0 N–H and O–H groups in total. The summed E-state index contributed by atoms with van der Waals surface area (Å²) in [4.78, 5) is 20.3. The third-order valence-corrected chi connectivity index (χ3v) is 3.37. The number of carbonyl (C=O) groups is 1. The van der Waals surface area contributed by atoms with Crippen LogP contribution in [0, 0.1) is 0 Å². The summed E-state index contributed by atoms with van der Waals surface area (Å²) in [6.45, 7) is 0. The number of allylic oxidation sites excluding steroid dienone is 4. The van der Waals surface area contributed by atoms with Crippen LogP contribution in [0.25, 0.3) is 11.5 Å². The van der Waals surface area contributed by atoms with Crippen LogP contribution in [0.5, 0.6) is 0 Å². The van der Waals surface area contributed by atoms with Gasteiger partial charge in [-0.05, 0) is 31.4 Å². The summed E-state index contributed by atoms with van der Waals surface area (Å²) in [7, 11) is 0. The van der Waals surface area contributed by atoms with Gasteiger partial charge in [-0.1, -0.05) is 29.9 Å². The molecule has 0 saturated heterocycles. The largest absolute Gasteiger partial charge is 0.432 e. The number of rotatable bonds is 5. The minimum Gasteiger partial charge on any atom is -0.432 e. The number of ketones is 1. The molecule has 0 aromatic carbocycles. The Labute approximate surface area is 123 Å². The first-order valence-electron chi connectivity index (χ1n) is 7.09. The number of aromatic nitrogens is 2. The molecule has 21 heavy (non-hydrogen) atoms. The van der Waals surface area contributed by atoms with E-state index in [9.17, 15) is 4.79 Å².